The van der Waals surface area contributed by atoms with Crippen molar-refractivity contribution < 1.29 is 0 Å². The van der Waals surface area contributed by atoms with E-state index in [1.807, 2.05) is 7.05 Å². The second-order valence-electron chi connectivity index (χ2n) is 6.54. The van der Waals surface area contributed by atoms with Gasteiger partial charge in [-0.2, -0.15) is 0 Å². The smallest absolute Gasteiger partial charge is 0.191 e. The van der Waals surface area contributed by atoms with Crippen LogP contribution in [0.3, 0.4) is 0 Å². The molecular formula is C17H33IN4. The lowest BCUT2D eigenvalue weighted by Gasteiger charge is -2.30. The summed E-state index contributed by atoms with van der Waals surface area (Å²) in [5.74, 6) is 1.84. The molecule has 1 aliphatic heterocycles. The van der Waals surface area contributed by atoms with Crippen LogP contribution in [0.25, 0.3) is 0 Å². The molecule has 2 rings (SSSR count). The molecule has 0 aromatic heterocycles. The molecule has 1 unspecified atom stereocenters. The number of likely N-dealkylation sites (tertiary alicyclic amines) is 1. The van der Waals surface area contributed by atoms with E-state index < -0.39 is 0 Å². The average molecular weight is 420 g/mol. The molecule has 1 atom stereocenters. The number of nitrogens with zero attached hydrogens (tertiary/aromatic N) is 2. The van der Waals surface area contributed by atoms with Gasteiger partial charge in [0.15, 0.2) is 5.96 Å². The molecule has 1 heterocycles. The van der Waals surface area contributed by atoms with Gasteiger partial charge in [-0.25, -0.2) is 0 Å². The Hall–Kier alpha value is -0.300. The summed E-state index contributed by atoms with van der Waals surface area (Å²) in [6.07, 6.45) is 12.0. The highest BCUT2D eigenvalue weighted by Gasteiger charge is 2.15. The number of unbranched alkanes of at least 4 members (excludes halogenated alkanes) is 1. The van der Waals surface area contributed by atoms with Crippen molar-refractivity contribution in [3.05, 3.63) is 12.2 Å². The fourth-order valence-electron chi connectivity index (χ4n) is 3.28. The highest BCUT2D eigenvalue weighted by Crippen LogP contribution is 2.15. The zero-order chi connectivity index (χ0) is 14.9. The van der Waals surface area contributed by atoms with Gasteiger partial charge in [0.2, 0.25) is 0 Å². The summed E-state index contributed by atoms with van der Waals surface area (Å²) in [4.78, 5) is 6.94. The van der Waals surface area contributed by atoms with E-state index in [-0.39, 0.29) is 24.0 Å². The zero-order valence-corrected chi connectivity index (χ0v) is 16.5. The van der Waals surface area contributed by atoms with Gasteiger partial charge in [-0.1, -0.05) is 19.1 Å². The number of aliphatic imine (C=N–C) groups is 1. The molecular weight excluding hydrogens is 387 g/mol. The van der Waals surface area contributed by atoms with Crippen molar-refractivity contribution >= 4 is 29.9 Å². The normalized spacial score (nSPS) is 23.4. The highest BCUT2D eigenvalue weighted by atomic mass is 127. The molecule has 0 aromatic rings. The van der Waals surface area contributed by atoms with Crippen molar-refractivity contribution in [2.45, 2.75) is 51.5 Å². The maximum Gasteiger partial charge on any atom is 0.191 e. The number of guanidine groups is 1. The van der Waals surface area contributed by atoms with Crippen LogP contribution >= 0.6 is 24.0 Å². The van der Waals surface area contributed by atoms with E-state index in [1.54, 1.807) is 0 Å². The van der Waals surface area contributed by atoms with Crippen LogP contribution in [0.2, 0.25) is 0 Å². The Morgan fingerprint density at radius 3 is 2.73 bits per heavy atom. The molecule has 2 aliphatic rings. The van der Waals surface area contributed by atoms with Gasteiger partial charge in [-0.3, -0.25) is 4.99 Å². The van der Waals surface area contributed by atoms with Gasteiger partial charge in [0.05, 0.1) is 0 Å². The standard InChI is InChI=1S/C17H32N4.HI/c1-15-8-7-13-21(14-15)12-6-5-11-19-17(18-2)20-16-9-3-4-10-16;/h3-4,15-16H,5-14H2,1-2H3,(H2,18,19,20);1H. The minimum atomic E-state index is 0. The van der Waals surface area contributed by atoms with Crippen molar-refractivity contribution in [3.63, 3.8) is 0 Å². The van der Waals surface area contributed by atoms with Gasteiger partial charge < -0.3 is 15.5 Å². The van der Waals surface area contributed by atoms with Gasteiger partial charge in [-0.15, -0.1) is 24.0 Å². The third-order valence-corrected chi connectivity index (χ3v) is 4.51. The summed E-state index contributed by atoms with van der Waals surface area (Å²) >= 11 is 0. The predicted molar refractivity (Wildman–Crippen MR) is 106 cm³/mol. The van der Waals surface area contributed by atoms with Crippen LogP contribution in [-0.4, -0.2) is 50.1 Å². The van der Waals surface area contributed by atoms with Crippen molar-refractivity contribution in [3.8, 4) is 0 Å². The first-order valence-corrected chi connectivity index (χ1v) is 8.62. The Kier molecular flexibility index (Phi) is 10.1. The topological polar surface area (TPSA) is 39.7 Å². The quantitative estimate of drug-likeness (QED) is 0.228. The first-order chi connectivity index (χ1) is 10.3. The van der Waals surface area contributed by atoms with Crippen molar-refractivity contribution in [2.24, 2.45) is 10.9 Å². The summed E-state index contributed by atoms with van der Waals surface area (Å²) in [7, 11) is 1.85. The van der Waals surface area contributed by atoms with E-state index in [9.17, 15) is 0 Å². The first-order valence-electron chi connectivity index (χ1n) is 8.62. The van der Waals surface area contributed by atoms with Crippen molar-refractivity contribution in [2.75, 3.05) is 33.2 Å². The van der Waals surface area contributed by atoms with Crippen LogP contribution in [0, 0.1) is 5.92 Å². The van der Waals surface area contributed by atoms with E-state index in [4.69, 9.17) is 0 Å². The maximum atomic E-state index is 4.31. The Labute approximate surface area is 153 Å². The third-order valence-electron chi connectivity index (χ3n) is 4.51. The largest absolute Gasteiger partial charge is 0.356 e. The molecule has 1 saturated heterocycles. The lowest BCUT2D eigenvalue weighted by molar-refractivity contribution is 0.181. The first kappa shape index (κ1) is 19.7. The van der Waals surface area contributed by atoms with E-state index in [2.05, 4.69) is 39.6 Å². The summed E-state index contributed by atoms with van der Waals surface area (Å²) in [6, 6.07) is 0.533. The molecule has 0 saturated carbocycles. The number of halogens is 1. The molecule has 5 heteroatoms. The van der Waals surface area contributed by atoms with Crippen molar-refractivity contribution in [1.29, 1.82) is 0 Å². The number of nitrogens with one attached hydrogen (secondary N) is 2. The van der Waals surface area contributed by atoms with Crippen LogP contribution in [0.15, 0.2) is 17.1 Å². The monoisotopic (exact) mass is 420 g/mol. The average Bonchev–Trinajstić information content (AvgIpc) is 2.98. The summed E-state index contributed by atoms with van der Waals surface area (Å²) in [6.45, 7) is 7.25. The van der Waals surface area contributed by atoms with Crippen LogP contribution in [0.5, 0.6) is 0 Å². The maximum absolute atomic E-state index is 4.31. The summed E-state index contributed by atoms with van der Waals surface area (Å²) < 4.78 is 0. The molecule has 1 aliphatic carbocycles. The Morgan fingerprint density at radius 1 is 1.27 bits per heavy atom. The fraction of sp³-hybridized carbons (Fsp3) is 0.824. The number of hydrogen-bond donors (Lipinski definition) is 2. The van der Waals surface area contributed by atoms with E-state index in [0.29, 0.717) is 6.04 Å². The summed E-state index contributed by atoms with van der Waals surface area (Å²) in [5, 5.41) is 6.91. The predicted octanol–water partition coefficient (Wildman–Crippen LogP) is 3.00. The minimum Gasteiger partial charge on any atom is -0.356 e. The fourth-order valence-corrected chi connectivity index (χ4v) is 3.28. The molecule has 0 amide bonds. The third kappa shape index (κ3) is 7.31. The molecule has 0 spiro atoms. The Morgan fingerprint density at radius 2 is 2.05 bits per heavy atom. The second-order valence-corrected chi connectivity index (χ2v) is 6.54. The van der Waals surface area contributed by atoms with Gasteiger partial charge in [0, 0.05) is 26.2 Å². The molecule has 0 aromatic carbocycles. The van der Waals surface area contributed by atoms with Crippen LogP contribution in [0.4, 0.5) is 0 Å². The van der Waals surface area contributed by atoms with E-state index >= 15 is 0 Å². The molecule has 0 radical (unpaired) electrons. The van der Waals surface area contributed by atoms with Crippen molar-refractivity contribution in [1.82, 2.24) is 15.5 Å². The molecule has 4 nitrogen and oxygen atoms in total. The molecule has 128 valence electrons. The zero-order valence-electron chi connectivity index (χ0n) is 14.2. The molecule has 2 N–H and O–H groups in total. The van der Waals surface area contributed by atoms with Crippen LogP contribution < -0.4 is 10.6 Å². The van der Waals surface area contributed by atoms with E-state index in [1.165, 1.54) is 45.3 Å². The second kappa shape index (κ2) is 11.3. The lowest BCUT2D eigenvalue weighted by Crippen LogP contribution is -2.43. The minimum absolute atomic E-state index is 0. The Bertz CT molecular complexity index is 349. The SMILES string of the molecule is CN=C(NCCCCN1CCCC(C)C1)NC1CC=CC1.I. The number of hydrogen-bond acceptors (Lipinski definition) is 2. The van der Waals surface area contributed by atoms with Gasteiger partial charge in [0.25, 0.3) is 0 Å². The van der Waals surface area contributed by atoms with Gasteiger partial charge >= 0.3 is 0 Å². The molecule has 1 fully saturated rings. The molecule has 22 heavy (non-hydrogen) atoms. The lowest BCUT2D eigenvalue weighted by atomic mass is 10.0. The molecule has 0 bridgehead atoms. The highest BCUT2D eigenvalue weighted by molar-refractivity contribution is 14.0. The number of piperidine rings is 1. The summed E-state index contributed by atoms with van der Waals surface area (Å²) in [5.41, 5.74) is 0. The Balaban J connectivity index is 0.00000242. The van der Waals surface area contributed by atoms with Crippen LogP contribution in [-0.2, 0) is 0 Å². The van der Waals surface area contributed by atoms with Crippen LogP contribution in [0.1, 0.15) is 45.4 Å². The van der Waals surface area contributed by atoms with E-state index in [0.717, 1.165) is 31.3 Å². The van der Waals surface area contributed by atoms with Gasteiger partial charge in [0.1, 0.15) is 0 Å². The van der Waals surface area contributed by atoms with Gasteiger partial charge in [-0.05, 0) is 57.5 Å². The number of rotatable bonds is 6.